The van der Waals surface area contributed by atoms with Gasteiger partial charge < -0.3 is 0 Å². The number of hydrogen-bond donors (Lipinski definition) is 0. The van der Waals surface area contributed by atoms with Crippen molar-refractivity contribution in [1.29, 1.82) is 0 Å². The molecule has 0 fully saturated rings. The zero-order valence-corrected chi connectivity index (χ0v) is 6.72. The Morgan fingerprint density at radius 1 is 1.60 bits per heavy atom. The van der Waals surface area contributed by atoms with Crippen molar-refractivity contribution in [3.05, 3.63) is 24.8 Å². The van der Waals surface area contributed by atoms with Crippen molar-refractivity contribution in [1.82, 2.24) is 0 Å². The highest BCUT2D eigenvalue weighted by atomic mass is 14.2. The Hall–Kier alpha value is -0.520. The highest BCUT2D eigenvalue weighted by molar-refractivity contribution is 5.07. The first-order chi connectivity index (χ1) is 4.86. The van der Waals surface area contributed by atoms with Crippen molar-refractivity contribution in [2.24, 2.45) is 11.8 Å². The maximum atomic E-state index is 3.79. The molecule has 0 spiro atoms. The van der Waals surface area contributed by atoms with Crippen LogP contribution in [0.15, 0.2) is 24.8 Å². The fourth-order valence-electron chi connectivity index (χ4n) is 1.57. The molecule has 56 valence electrons. The van der Waals surface area contributed by atoms with Gasteiger partial charge in [-0.2, -0.15) is 0 Å². The van der Waals surface area contributed by atoms with Crippen LogP contribution in [0.25, 0.3) is 0 Å². The Kier molecular flexibility index (Phi) is 2.73. The molecule has 2 atom stereocenters. The summed E-state index contributed by atoms with van der Waals surface area (Å²) in [6, 6.07) is 0. The number of rotatable bonds is 3. The molecule has 0 bridgehead atoms. The van der Waals surface area contributed by atoms with E-state index < -0.39 is 0 Å². The third kappa shape index (κ3) is 1.73. The Balaban J connectivity index is 2.30. The molecular weight excluding hydrogens is 120 g/mol. The van der Waals surface area contributed by atoms with Gasteiger partial charge in [0.05, 0.1) is 0 Å². The average molecular weight is 136 g/mol. The molecular formula is C10H16. The molecule has 0 amide bonds. The van der Waals surface area contributed by atoms with Crippen LogP contribution in [0.4, 0.5) is 0 Å². The van der Waals surface area contributed by atoms with E-state index in [1.54, 1.807) is 0 Å². The van der Waals surface area contributed by atoms with Gasteiger partial charge in [0.2, 0.25) is 0 Å². The zero-order chi connectivity index (χ0) is 7.40. The first kappa shape index (κ1) is 7.59. The van der Waals surface area contributed by atoms with Crippen molar-refractivity contribution >= 4 is 0 Å². The number of hydrogen-bond acceptors (Lipinski definition) is 0. The third-order valence-electron chi connectivity index (χ3n) is 2.17. The molecule has 1 aliphatic rings. The van der Waals surface area contributed by atoms with E-state index in [9.17, 15) is 0 Å². The van der Waals surface area contributed by atoms with E-state index in [-0.39, 0.29) is 0 Å². The van der Waals surface area contributed by atoms with Crippen molar-refractivity contribution in [2.45, 2.75) is 26.2 Å². The SMILES string of the molecule is C=CC1C=CC(CCC)C1. The van der Waals surface area contributed by atoms with Gasteiger partial charge in [-0.15, -0.1) is 6.58 Å². The first-order valence-corrected chi connectivity index (χ1v) is 4.17. The second kappa shape index (κ2) is 3.60. The molecule has 0 heterocycles. The fourth-order valence-corrected chi connectivity index (χ4v) is 1.57. The molecule has 1 aliphatic carbocycles. The predicted molar refractivity (Wildman–Crippen MR) is 45.8 cm³/mol. The van der Waals surface area contributed by atoms with Crippen molar-refractivity contribution in [3.63, 3.8) is 0 Å². The minimum absolute atomic E-state index is 0.663. The molecule has 0 nitrogen and oxygen atoms in total. The van der Waals surface area contributed by atoms with Crippen LogP contribution in [0.1, 0.15) is 26.2 Å². The van der Waals surface area contributed by atoms with Crippen LogP contribution in [-0.2, 0) is 0 Å². The second-order valence-electron chi connectivity index (χ2n) is 3.07. The molecule has 0 saturated carbocycles. The van der Waals surface area contributed by atoms with Crippen molar-refractivity contribution < 1.29 is 0 Å². The van der Waals surface area contributed by atoms with E-state index in [1.165, 1.54) is 19.3 Å². The summed E-state index contributed by atoms with van der Waals surface area (Å²) in [5.74, 6) is 1.50. The Morgan fingerprint density at radius 2 is 2.40 bits per heavy atom. The molecule has 0 aromatic carbocycles. The summed E-state index contributed by atoms with van der Waals surface area (Å²) in [7, 11) is 0. The second-order valence-corrected chi connectivity index (χ2v) is 3.07. The molecule has 0 aromatic heterocycles. The minimum atomic E-state index is 0.663. The zero-order valence-electron chi connectivity index (χ0n) is 6.72. The summed E-state index contributed by atoms with van der Waals surface area (Å²) in [6.45, 7) is 6.03. The van der Waals surface area contributed by atoms with Crippen LogP contribution < -0.4 is 0 Å². The Labute approximate surface area is 63.6 Å². The van der Waals surface area contributed by atoms with Crippen LogP contribution in [0.5, 0.6) is 0 Å². The van der Waals surface area contributed by atoms with E-state index in [0.29, 0.717) is 5.92 Å². The smallest absolute Gasteiger partial charge is 0.00505 e. The topological polar surface area (TPSA) is 0 Å². The highest BCUT2D eigenvalue weighted by Gasteiger charge is 2.14. The van der Waals surface area contributed by atoms with E-state index in [2.05, 4.69) is 25.7 Å². The molecule has 2 unspecified atom stereocenters. The van der Waals surface area contributed by atoms with Crippen LogP contribution in [0, 0.1) is 11.8 Å². The first-order valence-electron chi connectivity index (χ1n) is 4.17. The lowest BCUT2D eigenvalue weighted by molar-refractivity contribution is 0.533. The van der Waals surface area contributed by atoms with Crippen molar-refractivity contribution in [2.75, 3.05) is 0 Å². The molecule has 10 heavy (non-hydrogen) atoms. The van der Waals surface area contributed by atoms with Gasteiger partial charge >= 0.3 is 0 Å². The third-order valence-corrected chi connectivity index (χ3v) is 2.17. The summed E-state index contributed by atoms with van der Waals surface area (Å²) in [4.78, 5) is 0. The van der Waals surface area contributed by atoms with E-state index in [0.717, 1.165) is 5.92 Å². The highest BCUT2D eigenvalue weighted by Crippen LogP contribution is 2.27. The number of allylic oxidation sites excluding steroid dienone is 3. The fraction of sp³-hybridized carbons (Fsp3) is 0.600. The maximum absolute atomic E-state index is 3.79. The molecule has 0 heteroatoms. The van der Waals surface area contributed by atoms with E-state index in [4.69, 9.17) is 0 Å². The van der Waals surface area contributed by atoms with Gasteiger partial charge in [-0.1, -0.05) is 31.6 Å². The van der Waals surface area contributed by atoms with Gasteiger partial charge in [0.1, 0.15) is 0 Å². The van der Waals surface area contributed by atoms with E-state index >= 15 is 0 Å². The summed E-state index contributed by atoms with van der Waals surface area (Å²) in [5.41, 5.74) is 0. The predicted octanol–water partition coefficient (Wildman–Crippen LogP) is 3.16. The molecule has 0 aromatic rings. The molecule has 0 N–H and O–H groups in total. The van der Waals surface area contributed by atoms with Gasteiger partial charge in [-0.3, -0.25) is 0 Å². The van der Waals surface area contributed by atoms with Gasteiger partial charge in [0.15, 0.2) is 0 Å². The van der Waals surface area contributed by atoms with Crippen molar-refractivity contribution in [3.8, 4) is 0 Å². The van der Waals surface area contributed by atoms with Crippen LogP contribution in [-0.4, -0.2) is 0 Å². The largest absolute Gasteiger partial charge is 0.102 e. The lowest BCUT2D eigenvalue weighted by atomic mass is 9.99. The van der Waals surface area contributed by atoms with Gasteiger partial charge in [0, 0.05) is 0 Å². The molecule has 0 aliphatic heterocycles. The maximum Gasteiger partial charge on any atom is -0.00505 e. The van der Waals surface area contributed by atoms with Crippen LogP contribution in [0.2, 0.25) is 0 Å². The Morgan fingerprint density at radius 3 is 2.90 bits per heavy atom. The summed E-state index contributed by atoms with van der Waals surface area (Å²) in [6.07, 6.45) is 10.6. The summed E-state index contributed by atoms with van der Waals surface area (Å²) < 4.78 is 0. The lowest BCUT2D eigenvalue weighted by Gasteiger charge is -2.05. The lowest BCUT2D eigenvalue weighted by Crippen LogP contribution is -1.94. The van der Waals surface area contributed by atoms with Crippen LogP contribution in [0.3, 0.4) is 0 Å². The van der Waals surface area contributed by atoms with Gasteiger partial charge in [0.25, 0.3) is 0 Å². The monoisotopic (exact) mass is 136 g/mol. The normalized spacial score (nSPS) is 30.9. The minimum Gasteiger partial charge on any atom is -0.102 e. The molecule has 0 radical (unpaired) electrons. The average Bonchev–Trinajstić information content (AvgIpc) is 2.37. The molecule has 0 saturated heterocycles. The molecule has 1 rings (SSSR count). The standard InChI is InChI=1S/C10H16/c1-3-5-10-7-6-9(4-2)8-10/h4,6-7,9-10H,2-3,5,8H2,1H3. The quantitative estimate of drug-likeness (QED) is 0.523. The summed E-state index contributed by atoms with van der Waals surface area (Å²) in [5, 5.41) is 0. The van der Waals surface area contributed by atoms with Gasteiger partial charge in [-0.25, -0.2) is 0 Å². The Bertz CT molecular complexity index is 133. The van der Waals surface area contributed by atoms with Crippen LogP contribution >= 0.6 is 0 Å². The summed E-state index contributed by atoms with van der Waals surface area (Å²) >= 11 is 0. The van der Waals surface area contributed by atoms with Gasteiger partial charge in [-0.05, 0) is 24.7 Å². The van der Waals surface area contributed by atoms with E-state index in [1.807, 2.05) is 6.08 Å².